The second-order valence-electron chi connectivity index (χ2n) is 2.87. The Hall–Kier alpha value is -0.0100. The molecule has 0 aliphatic carbocycles. The first-order valence-electron chi connectivity index (χ1n) is 3.92. The molecule has 0 fully saturated rings. The summed E-state index contributed by atoms with van der Waals surface area (Å²) in [7, 11) is 0. The molecule has 0 radical (unpaired) electrons. The van der Waals surface area contributed by atoms with Crippen molar-refractivity contribution in [2.75, 3.05) is 5.88 Å². The average molecular weight is 383 g/mol. The SMILES string of the molecule is O=C(CCl)c1cc(I)c(Cl)c(C(F)(F)F)c1. The highest BCUT2D eigenvalue weighted by atomic mass is 127. The number of Topliss-reactive ketones (excluding diaryl/α,β-unsaturated/α-hetero) is 1. The minimum atomic E-state index is -4.58. The van der Waals surface area contributed by atoms with E-state index in [1.54, 1.807) is 22.6 Å². The van der Waals surface area contributed by atoms with E-state index in [0.29, 0.717) is 0 Å². The number of hydrogen-bond donors (Lipinski definition) is 0. The Morgan fingerprint density at radius 3 is 2.38 bits per heavy atom. The summed E-state index contributed by atoms with van der Waals surface area (Å²) in [5.41, 5.74) is -1.11. The highest BCUT2D eigenvalue weighted by Crippen LogP contribution is 2.37. The molecule has 1 aromatic rings. The van der Waals surface area contributed by atoms with Gasteiger partial charge in [0.05, 0.1) is 16.5 Å². The smallest absolute Gasteiger partial charge is 0.293 e. The van der Waals surface area contributed by atoms with Gasteiger partial charge >= 0.3 is 6.18 Å². The Bertz CT molecular complexity index is 431. The third-order valence-electron chi connectivity index (χ3n) is 1.78. The summed E-state index contributed by atoms with van der Waals surface area (Å²) in [6, 6.07) is 2.00. The van der Waals surface area contributed by atoms with Crippen molar-refractivity contribution in [1.82, 2.24) is 0 Å². The van der Waals surface area contributed by atoms with Crippen molar-refractivity contribution in [2.45, 2.75) is 6.18 Å². The fourth-order valence-corrected chi connectivity index (χ4v) is 2.03. The molecule has 0 saturated carbocycles. The summed E-state index contributed by atoms with van der Waals surface area (Å²) < 4.78 is 37.8. The van der Waals surface area contributed by atoms with Crippen molar-refractivity contribution < 1.29 is 18.0 Å². The Balaban J connectivity index is 3.39. The molecule has 0 saturated heterocycles. The molecular formula is C9H4Cl2F3IO. The van der Waals surface area contributed by atoms with Crippen molar-refractivity contribution in [3.8, 4) is 0 Å². The van der Waals surface area contributed by atoms with Crippen LogP contribution in [0, 0.1) is 3.57 Å². The summed E-state index contributed by atoms with van der Waals surface area (Å²) in [6.45, 7) is 0. The van der Waals surface area contributed by atoms with Crippen LogP contribution in [0.1, 0.15) is 15.9 Å². The standard InChI is InChI=1S/C9H4Cl2F3IO/c10-3-7(16)4-1-5(9(12,13)14)8(11)6(15)2-4/h1-2H,3H2. The molecule has 0 spiro atoms. The van der Waals surface area contributed by atoms with E-state index in [-0.39, 0.29) is 15.0 Å². The van der Waals surface area contributed by atoms with Crippen LogP contribution < -0.4 is 0 Å². The van der Waals surface area contributed by atoms with Gasteiger partial charge in [0.25, 0.3) is 0 Å². The van der Waals surface area contributed by atoms with Crippen LogP contribution in [0.4, 0.5) is 13.2 Å². The minimum Gasteiger partial charge on any atom is -0.293 e. The number of alkyl halides is 4. The van der Waals surface area contributed by atoms with Crippen LogP contribution >= 0.6 is 45.8 Å². The molecule has 0 amide bonds. The number of carbonyl (C=O) groups excluding carboxylic acids is 1. The first-order valence-corrected chi connectivity index (χ1v) is 5.92. The Morgan fingerprint density at radius 2 is 1.94 bits per heavy atom. The van der Waals surface area contributed by atoms with Gasteiger partial charge in [-0.1, -0.05) is 11.6 Å². The lowest BCUT2D eigenvalue weighted by Gasteiger charge is -2.11. The van der Waals surface area contributed by atoms with Gasteiger partial charge in [-0.05, 0) is 34.7 Å². The molecule has 0 aromatic heterocycles. The van der Waals surface area contributed by atoms with Gasteiger partial charge in [-0.25, -0.2) is 0 Å². The van der Waals surface area contributed by atoms with E-state index in [9.17, 15) is 18.0 Å². The first kappa shape index (κ1) is 14.1. The largest absolute Gasteiger partial charge is 0.417 e. The molecule has 0 heterocycles. The lowest BCUT2D eigenvalue weighted by molar-refractivity contribution is -0.137. The molecule has 1 aromatic carbocycles. The van der Waals surface area contributed by atoms with E-state index in [4.69, 9.17) is 23.2 Å². The molecule has 0 aliphatic heterocycles. The number of benzene rings is 1. The molecule has 0 atom stereocenters. The molecule has 0 N–H and O–H groups in total. The number of rotatable bonds is 2. The van der Waals surface area contributed by atoms with Crippen LogP contribution in [0.3, 0.4) is 0 Å². The maximum Gasteiger partial charge on any atom is 0.417 e. The molecule has 1 nitrogen and oxygen atoms in total. The van der Waals surface area contributed by atoms with Gasteiger partial charge in [-0.2, -0.15) is 13.2 Å². The van der Waals surface area contributed by atoms with Crippen molar-refractivity contribution >= 4 is 51.6 Å². The zero-order valence-corrected chi connectivity index (χ0v) is 11.2. The highest BCUT2D eigenvalue weighted by molar-refractivity contribution is 14.1. The quantitative estimate of drug-likeness (QED) is 0.421. The predicted molar refractivity (Wildman–Crippen MR) is 64.2 cm³/mol. The van der Waals surface area contributed by atoms with Crippen LogP contribution in [0.25, 0.3) is 0 Å². The van der Waals surface area contributed by atoms with Gasteiger partial charge in [0.15, 0.2) is 5.78 Å². The number of carbonyl (C=O) groups is 1. The van der Waals surface area contributed by atoms with E-state index in [2.05, 4.69) is 0 Å². The van der Waals surface area contributed by atoms with Gasteiger partial charge in [-0.15, -0.1) is 11.6 Å². The Labute approximate surface area is 113 Å². The van der Waals surface area contributed by atoms with Crippen LogP contribution in [-0.4, -0.2) is 11.7 Å². The second kappa shape index (κ2) is 5.10. The van der Waals surface area contributed by atoms with Gasteiger partial charge in [0, 0.05) is 9.13 Å². The van der Waals surface area contributed by atoms with Crippen molar-refractivity contribution in [1.29, 1.82) is 0 Å². The topological polar surface area (TPSA) is 17.1 Å². The summed E-state index contributed by atoms with van der Waals surface area (Å²) in [4.78, 5) is 11.2. The fraction of sp³-hybridized carbons (Fsp3) is 0.222. The van der Waals surface area contributed by atoms with E-state index in [1.165, 1.54) is 6.07 Å². The maximum atomic E-state index is 12.5. The van der Waals surface area contributed by atoms with Crippen LogP contribution in [0.15, 0.2) is 12.1 Å². The zero-order chi connectivity index (χ0) is 12.5. The van der Waals surface area contributed by atoms with Crippen molar-refractivity contribution in [2.24, 2.45) is 0 Å². The fourth-order valence-electron chi connectivity index (χ4n) is 1.03. The van der Waals surface area contributed by atoms with Gasteiger partial charge < -0.3 is 0 Å². The molecule has 0 unspecified atom stereocenters. The van der Waals surface area contributed by atoms with Gasteiger partial charge in [-0.3, -0.25) is 4.79 Å². The summed E-state index contributed by atoms with van der Waals surface area (Å²) >= 11 is 12.4. The van der Waals surface area contributed by atoms with Crippen LogP contribution in [0.5, 0.6) is 0 Å². The van der Waals surface area contributed by atoms with E-state index >= 15 is 0 Å². The number of hydrogen-bond acceptors (Lipinski definition) is 1. The predicted octanol–water partition coefficient (Wildman–Crippen LogP) is 4.38. The number of halogens is 6. The lowest BCUT2D eigenvalue weighted by atomic mass is 10.1. The summed E-state index contributed by atoms with van der Waals surface area (Å²) in [5.74, 6) is -0.934. The van der Waals surface area contributed by atoms with Crippen molar-refractivity contribution in [3.05, 3.63) is 31.9 Å². The maximum absolute atomic E-state index is 12.5. The molecular weight excluding hydrogens is 379 g/mol. The summed E-state index contributed by atoms with van der Waals surface area (Å²) in [6.07, 6.45) is -4.58. The zero-order valence-electron chi connectivity index (χ0n) is 7.54. The van der Waals surface area contributed by atoms with Gasteiger partial charge in [0.2, 0.25) is 0 Å². The Morgan fingerprint density at radius 1 is 1.38 bits per heavy atom. The molecule has 88 valence electrons. The lowest BCUT2D eigenvalue weighted by Crippen LogP contribution is -2.10. The van der Waals surface area contributed by atoms with E-state index in [0.717, 1.165) is 6.07 Å². The molecule has 16 heavy (non-hydrogen) atoms. The first-order chi connectivity index (χ1) is 7.27. The Kier molecular flexibility index (Phi) is 4.48. The van der Waals surface area contributed by atoms with Crippen molar-refractivity contribution in [3.63, 3.8) is 0 Å². The highest BCUT2D eigenvalue weighted by Gasteiger charge is 2.34. The van der Waals surface area contributed by atoms with E-state index in [1.807, 2.05) is 0 Å². The van der Waals surface area contributed by atoms with Crippen LogP contribution in [-0.2, 0) is 6.18 Å². The molecule has 0 aliphatic rings. The molecule has 1 rings (SSSR count). The molecule has 0 bridgehead atoms. The van der Waals surface area contributed by atoms with Crippen LogP contribution in [0.2, 0.25) is 5.02 Å². The molecule has 7 heteroatoms. The number of ketones is 1. The average Bonchev–Trinajstić information content (AvgIpc) is 2.18. The minimum absolute atomic E-state index is 0.0869. The third kappa shape index (κ3) is 3.01. The monoisotopic (exact) mass is 382 g/mol. The second-order valence-corrected chi connectivity index (χ2v) is 4.68. The normalized spacial score (nSPS) is 11.6. The summed E-state index contributed by atoms with van der Waals surface area (Å²) in [5, 5.41) is -0.403. The van der Waals surface area contributed by atoms with E-state index < -0.39 is 22.5 Å². The van der Waals surface area contributed by atoms with Gasteiger partial charge in [0.1, 0.15) is 0 Å². The third-order valence-corrected chi connectivity index (χ3v) is 3.60.